The number of amides is 1. The van der Waals surface area contributed by atoms with Crippen LogP contribution in [0.25, 0.3) is 0 Å². The number of pyridine rings is 1. The standard InChI is InChI=1S/C19H16FN6O4PS3/c1-26-10-22-25-19(26)34-15-7-6-14(32-12-4-2-11(20)3-5-12)16(23-15)17(27)24-18-21-8-13(33-18)9-31(28,29)30/h2-8,10H,9H2,1H3,(H,21,24,27)(H2,28,29,30). The number of hydrogen-bond acceptors (Lipinski definition) is 9. The molecular formula is C19H16FN6O4PS3. The van der Waals surface area contributed by atoms with Crippen molar-refractivity contribution in [2.75, 3.05) is 5.32 Å². The van der Waals surface area contributed by atoms with E-state index in [1.165, 1.54) is 41.9 Å². The molecule has 0 spiro atoms. The maximum atomic E-state index is 13.3. The van der Waals surface area contributed by atoms with Crippen LogP contribution in [-0.4, -0.2) is 40.4 Å². The number of carbonyl (C=O) groups excluding carboxylic acids is 1. The SMILES string of the molecule is Cn1cnnc1Sc1ccc(Sc2ccc(F)cc2)c(C(=O)Nc2ncc(CP(=O)(O)O)s2)n1. The average Bonchev–Trinajstić information content (AvgIpc) is 3.38. The van der Waals surface area contributed by atoms with Gasteiger partial charge in [0.2, 0.25) is 0 Å². The van der Waals surface area contributed by atoms with Crippen LogP contribution in [0, 0.1) is 5.82 Å². The van der Waals surface area contributed by atoms with E-state index in [0.29, 0.717) is 24.9 Å². The maximum Gasteiger partial charge on any atom is 0.330 e. The summed E-state index contributed by atoms with van der Waals surface area (Å²) in [5.74, 6) is -0.923. The molecule has 3 aromatic heterocycles. The van der Waals surface area contributed by atoms with Gasteiger partial charge in [-0.2, -0.15) is 0 Å². The minimum atomic E-state index is -4.26. The molecule has 0 radical (unpaired) electrons. The van der Waals surface area contributed by atoms with Crippen molar-refractivity contribution in [2.45, 2.75) is 26.1 Å². The lowest BCUT2D eigenvalue weighted by atomic mass is 10.3. The lowest BCUT2D eigenvalue weighted by molar-refractivity contribution is 0.101. The van der Waals surface area contributed by atoms with E-state index in [-0.39, 0.29) is 16.6 Å². The van der Waals surface area contributed by atoms with Gasteiger partial charge in [0.1, 0.15) is 22.9 Å². The monoisotopic (exact) mass is 538 g/mol. The molecule has 3 heterocycles. The predicted molar refractivity (Wildman–Crippen MR) is 126 cm³/mol. The quantitative estimate of drug-likeness (QED) is 0.281. The molecule has 10 nitrogen and oxygen atoms in total. The molecule has 4 rings (SSSR count). The highest BCUT2D eigenvalue weighted by atomic mass is 32.2. The predicted octanol–water partition coefficient (Wildman–Crippen LogP) is 4.04. The fourth-order valence-electron chi connectivity index (χ4n) is 2.62. The van der Waals surface area contributed by atoms with Crippen molar-refractivity contribution in [3.05, 3.63) is 65.3 Å². The molecule has 1 aromatic carbocycles. The van der Waals surface area contributed by atoms with Crippen LogP contribution in [0.2, 0.25) is 0 Å². The molecule has 0 unspecified atom stereocenters. The van der Waals surface area contributed by atoms with Crippen LogP contribution in [0.5, 0.6) is 0 Å². The zero-order valence-corrected chi connectivity index (χ0v) is 20.7. The number of carbonyl (C=O) groups is 1. The van der Waals surface area contributed by atoms with Gasteiger partial charge in [-0.15, -0.1) is 21.5 Å². The molecule has 15 heteroatoms. The molecule has 0 atom stereocenters. The number of rotatable bonds is 8. The second-order valence-corrected chi connectivity index (χ2v) is 11.7. The largest absolute Gasteiger partial charge is 0.330 e. The summed E-state index contributed by atoms with van der Waals surface area (Å²) in [7, 11) is -2.47. The van der Waals surface area contributed by atoms with Crippen LogP contribution < -0.4 is 5.32 Å². The number of nitrogens with one attached hydrogen (secondary N) is 1. The summed E-state index contributed by atoms with van der Waals surface area (Å²) < 4.78 is 26.2. The van der Waals surface area contributed by atoms with Crippen LogP contribution in [-0.2, 0) is 17.8 Å². The number of aromatic nitrogens is 5. The molecule has 0 aliphatic heterocycles. The first-order chi connectivity index (χ1) is 16.2. The third kappa shape index (κ3) is 6.50. The minimum Gasteiger partial charge on any atom is -0.324 e. The van der Waals surface area contributed by atoms with Crippen molar-refractivity contribution >= 4 is 53.5 Å². The van der Waals surface area contributed by atoms with Gasteiger partial charge in [-0.3, -0.25) is 14.7 Å². The Morgan fingerprint density at radius 1 is 1.21 bits per heavy atom. The fraction of sp³-hybridized carbons (Fsp3) is 0.105. The molecule has 0 aliphatic rings. The summed E-state index contributed by atoms with van der Waals surface area (Å²) in [6.45, 7) is 0. The van der Waals surface area contributed by atoms with Gasteiger partial charge in [0, 0.05) is 27.9 Å². The van der Waals surface area contributed by atoms with Gasteiger partial charge in [0.25, 0.3) is 5.91 Å². The first-order valence-corrected chi connectivity index (χ1v) is 13.7. The highest BCUT2D eigenvalue weighted by molar-refractivity contribution is 7.99. The Labute approximate surface area is 205 Å². The molecule has 0 fully saturated rings. The van der Waals surface area contributed by atoms with Gasteiger partial charge in [-0.25, -0.2) is 14.4 Å². The molecule has 0 aliphatic carbocycles. The maximum absolute atomic E-state index is 13.3. The molecule has 176 valence electrons. The van der Waals surface area contributed by atoms with E-state index in [1.807, 2.05) is 0 Å². The van der Waals surface area contributed by atoms with Crippen LogP contribution >= 0.6 is 42.5 Å². The Hall–Kier alpha value is -2.61. The second kappa shape index (κ2) is 10.3. The van der Waals surface area contributed by atoms with E-state index in [1.54, 1.807) is 42.2 Å². The van der Waals surface area contributed by atoms with Crippen LogP contribution in [0.3, 0.4) is 0 Å². The normalized spacial score (nSPS) is 11.5. The average molecular weight is 539 g/mol. The molecular weight excluding hydrogens is 522 g/mol. The third-order valence-electron chi connectivity index (χ3n) is 4.09. The van der Waals surface area contributed by atoms with Gasteiger partial charge in [0.05, 0.1) is 6.16 Å². The lowest BCUT2D eigenvalue weighted by Crippen LogP contribution is -2.15. The summed E-state index contributed by atoms with van der Waals surface area (Å²) in [5.41, 5.74) is 0.105. The van der Waals surface area contributed by atoms with Crippen molar-refractivity contribution in [3.8, 4) is 0 Å². The Morgan fingerprint density at radius 3 is 2.65 bits per heavy atom. The van der Waals surface area contributed by atoms with Gasteiger partial charge in [-0.1, -0.05) is 11.8 Å². The summed E-state index contributed by atoms with van der Waals surface area (Å²) in [5, 5.41) is 11.7. The second-order valence-electron chi connectivity index (χ2n) is 6.79. The highest BCUT2D eigenvalue weighted by Gasteiger charge is 2.20. The Kier molecular flexibility index (Phi) is 7.45. The van der Waals surface area contributed by atoms with Gasteiger partial charge in [0.15, 0.2) is 10.3 Å². The van der Waals surface area contributed by atoms with E-state index >= 15 is 0 Å². The van der Waals surface area contributed by atoms with E-state index in [9.17, 15) is 13.8 Å². The van der Waals surface area contributed by atoms with Crippen molar-refractivity contribution in [3.63, 3.8) is 0 Å². The van der Waals surface area contributed by atoms with E-state index < -0.39 is 19.7 Å². The molecule has 34 heavy (non-hydrogen) atoms. The zero-order chi connectivity index (χ0) is 24.3. The number of aryl methyl sites for hydroxylation is 1. The molecule has 0 bridgehead atoms. The molecule has 0 saturated carbocycles. The highest BCUT2D eigenvalue weighted by Crippen LogP contribution is 2.41. The third-order valence-corrected chi connectivity index (χ3v) is 8.02. The summed E-state index contributed by atoms with van der Waals surface area (Å²) in [6.07, 6.45) is 2.39. The van der Waals surface area contributed by atoms with E-state index in [2.05, 4.69) is 25.5 Å². The summed E-state index contributed by atoms with van der Waals surface area (Å²) in [6, 6.07) is 9.31. The van der Waals surface area contributed by atoms with Crippen LogP contribution in [0.15, 0.2) is 68.9 Å². The molecule has 0 saturated heterocycles. The number of anilines is 1. The molecule has 3 N–H and O–H groups in total. The number of nitrogens with zero attached hydrogens (tertiary/aromatic N) is 5. The number of thiazole rings is 1. The van der Waals surface area contributed by atoms with Crippen LogP contribution in [0.1, 0.15) is 15.4 Å². The first kappa shape index (κ1) is 24.5. The summed E-state index contributed by atoms with van der Waals surface area (Å²) >= 11 is 3.43. The van der Waals surface area contributed by atoms with Gasteiger partial charge >= 0.3 is 7.60 Å². The molecule has 1 amide bonds. The van der Waals surface area contributed by atoms with Gasteiger partial charge < -0.3 is 14.4 Å². The topological polar surface area (TPSA) is 143 Å². The first-order valence-electron chi connectivity index (χ1n) is 9.43. The van der Waals surface area contributed by atoms with Crippen molar-refractivity contribution < 1.29 is 23.5 Å². The Balaban J connectivity index is 1.61. The number of hydrogen-bond donors (Lipinski definition) is 3. The van der Waals surface area contributed by atoms with Crippen molar-refractivity contribution in [1.29, 1.82) is 0 Å². The number of halogens is 1. The van der Waals surface area contributed by atoms with Crippen molar-refractivity contribution in [2.24, 2.45) is 7.05 Å². The fourth-order valence-corrected chi connectivity index (χ4v) is 6.11. The zero-order valence-electron chi connectivity index (χ0n) is 17.3. The summed E-state index contributed by atoms with van der Waals surface area (Å²) in [4.78, 5) is 41.5. The van der Waals surface area contributed by atoms with E-state index in [4.69, 9.17) is 9.79 Å². The Bertz CT molecular complexity index is 1370. The molecule has 4 aromatic rings. The van der Waals surface area contributed by atoms with Crippen molar-refractivity contribution in [1.82, 2.24) is 24.7 Å². The van der Waals surface area contributed by atoms with Gasteiger partial charge in [-0.05, 0) is 48.2 Å². The van der Waals surface area contributed by atoms with E-state index in [0.717, 1.165) is 11.3 Å². The Morgan fingerprint density at radius 2 is 1.97 bits per heavy atom. The van der Waals surface area contributed by atoms with Crippen LogP contribution in [0.4, 0.5) is 9.52 Å². The number of benzene rings is 1. The minimum absolute atomic E-state index is 0.105. The lowest BCUT2D eigenvalue weighted by Gasteiger charge is -2.10. The smallest absolute Gasteiger partial charge is 0.324 e.